The van der Waals surface area contributed by atoms with E-state index in [9.17, 15) is 26.7 Å². The second-order valence-corrected chi connectivity index (χ2v) is 4.30. The minimum atomic E-state index is -5.18. The first kappa shape index (κ1) is 15.4. The van der Waals surface area contributed by atoms with Crippen LogP contribution in [0.15, 0.2) is 12.1 Å². The van der Waals surface area contributed by atoms with Gasteiger partial charge < -0.3 is 4.74 Å². The van der Waals surface area contributed by atoms with Crippen LogP contribution in [0.1, 0.15) is 24.2 Å². The van der Waals surface area contributed by atoms with Crippen LogP contribution in [0, 0.1) is 17.6 Å². The highest BCUT2D eigenvalue weighted by Gasteiger charge is 2.40. The van der Waals surface area contributed by atoms with Gasteiger partial charge in [-0.1, -0.05) is 13.8 Å². The van der Waals surface area contributed by atoms with Crippen molar-refractivity contribution in [3.8, 4) is 5.75 Å². The Morgan fingerprint density at radius 3 is 2.05 bits per heavy atom. The minimum absolute atomic E-state index is 0.000401. The van der Waals surface area contributed by atoms with Gasteiger partial charge in [0, 0.05) is 5.56 Å². The molecule has 0 N–H and O–H groups in total. The van der Waals surface area contributed by atoms with Gasteiger partial charge in [-0.05, 0) is 18.1 Å². The molecular weight excluding hydrogens is 271 g/mol. The van der Waals surface area contributed by atoms with Crippen molar-refractivity contribution < 1.29 is 31.5 Å². The van der Waals surface area contributed by atoms with Crippen LogP contribution >= 0.6 is 0 Å². The lowest BCUT2D eigenvalue weighted by molar-refractivity contribution is -0.0885. The summed E-state index contributed by atoms with van der Waals surface area (Å²) in [6, 6.07) is 0.628. The predicted molar refractivity (Wildman–Crippen MR) is 57.1 cm³/mol. The summed E-state index contributed by atoms with van der Waals surface area (Å²) in [5.74, 6) is -5.79. The highest BCUT2D eigenvalue weighted by Crippen LogP contribution is 2.28. The Morgan fingerprint density at radius 2 is 1.68 bits per heavy atom. The second kappa shape index (κ2) is 5.54. The van der Waals surface area contributed by atoms with E-state index in [4.69, 9.17) is 4.74 Å². The smallest absolute Gasteiger partial charge is 0.454 e. The molecule has 0 heterocycles. The van der Waals surface area contributed by atoms with Crippen LogP contribution < -0.4 is 4.74 Å². The fraction of sp³-hybridized carbons (Fsp3) is 0.417. The van der Waals surface area contributed by atoms with Gasteiger partial charge in [0.2, 0.25) is 0 Å². The summed E-state index contributed by atoms with van der Waals surface area (Å²) in [7, 11) is 0. The van der Waals surface area contributed by atoms with E-state index < -0.39 is 34.9 Å². The molecule has 1 aromatic carbocycles. The Morgan fingerprint density at radius 1 is 1.21 bits per heavy atom. The first-order valence-corrected chi connectivity index (χ1v) is 5.36. The van der Waals surface area contributed by atoms with E-state index in [0.29, 0.717) is 12.1 Å². The molecule has 0 aliphatic carbocycles. The Balaban J connectivity index is 3.07. The number of ketones is 1. The van der Waals surface area contributed by atoms with Crippen LogP contribution in [-0.4, -0.2) is 18.6 Å². The van der Waals surface area contributed by atoms with E-state index in [1.165, 1.54) is 0 Å². The SMILES string of the molecule is CC(C)COc1c(F)cc(C(=O)C(F)(F)F)cc1F. The molecule has 2 nitrogen and oxygen atoms in total. The molecule has 0 saturated carbocycles. The second-order valence-electron chi connectivity index (χ2n) is 4.30. The Kier molecular flexibility index (Phi) is 4.49. The highest BCUT2D eigenvalue weighted by molar-refractivity contribution is 6.00. The summed E-state index contributed by atoms with van der Waals surface area (Å²) in [5.41, 5.74) is -1.10. The van der Waals surface area contributed by atoms with Crippen LogP contribution in [0.3, 0.4) is 0 Å². The molecule has 0 aliphatic rings. The third kappa shape index (κ3) is 3.90. The van der Waals surface area contributed by atoms with Gasteiger partial charge in [-0.2, -0.15) is 13.2 Å². The molecule has 7 heteroatoms. The van der Waals surface area contributed by atoms with Gasteiger partial charge in [0.15, 0.2) is 17.4 Å². The van der Waals surface area contributed by atoms with Crippen molar-refractivity contribution in [2.24, 2.45) is 5.92 Å². The van der Waals surface area contributed by atoms with Gasteiger partial charge in [-0.15, -0.1) is 0 Å². The molecule has 0 spiro atoms. The van der Waals surface area contributed by atoms with Gasteiger partial charge in [0.25, 0.3) is 5.78 Å². The summed E-state index contributed by atoms with van der Waals surface area (Å²) >= 11 is 0. The Labute approximate surface area is 106 Å². The van der Waals surface area contributed by atoms with E-state index >= 15 is 0 Å². The zero-order chi connectivity index (χ0) is 14.8. The number of benzene rings is 1. The standard InChI is InChI=1S/C12H11F5O2/c1-6(2)5-19-10-8(13)3-7(4-9(10)14)11(18)12(15,16)17/h3-4,6H,5H2,1-2H3. The highest BCUT2D eigenvalue weighted by atomic mass is 19.4. The predicted octanol–water partition coefficient (Wildman–Crippen LogP) is 3.74. The molecule has 1 aromatic rings. The van der Waals surface area contributed by atoms with Crippen molar-refractivity contribution in [1.82, 2.24) is 0 Å². The maximum absolute atomic E-state index is 13.4. The first-order valence-electron chi connectivity index (χ1n) is 5.36. The molecule has 1 rings (SSSR count). The van der Waals surface area contributed by atoms with E-state index in [1.54, 1.807) is 13.8 Å². The van der Waals surface area contributed by atoms with E-state index in [2.05, 4.69) is 0 Å². The van der Waals surface area contributed by atoms with Gasteiger partial charge in [-0.3, -0.25) is 4.79 Å². The van der Waals surface area contributed by atoms with Gasteiger partial charge in [0.1, 0.15) is 0 Å². The van der Waals surface area contributed by atoms with Crippen molar-refractivity contribution in [2.45, 2.75) is 20.0 Å². The van der Waals surface area contributed by atoms with Crippen molar-refractivity contribution in [2.75, 3.05) is 6.61 Å². The molecule has 0 aromatic heterocycles. The molecule has 0 radical (unpaired) electrons. The average Bonchev–Trinajstić information content (AvgIpc) is 2.24. The van der Waals surface area contributed by atoms with E-state index in [1.807, 2.05) is 0 Å². The van der Waals surface area contributed by atoms with Crippen molar-refractivity contribution in [3.63, 3.8) is 0 Å². The van der Waals surface area contributed by atoms with Crippen LogP contribution in [0.5, 0.6) is 5.75 Å². The van der Waals surface area contributed by atoms with Gasteiger partial charge in [-0.25, -0.2) is 8.78 Å². The summed E-state index contributed by atoms with van der Waals surface area (Å²) in [4.78, 5) is 10.8. The molecule has 106 valence electrons. The normalized spacial score (nSPS) is 11.8. The molecular formula is C12H11F5O2. The molecule has 0 amide bonds. The number of hydrogen-bond donors (Lipinski definition) is 0. The molecule has 0 bridgehead atoms. The Bertz CT molecular complexity index is 456. The number of carbonyl (C=O) groups excluding carboxylic acids is 1. The quantitative estimate of drug-likeness (QED) is 0.621. The molecule has 0 saturated heterocycles. The lowest BCUT2D eigenvalue weighted by Crippen LogP contribution is -2.23. The fourth-order valence-electron chi connectivity index (χ4n) is 1.24. The van der Waals surface area contributed by atoms with Crippen LogP contribution in [0.2, 0.25) is 0 Å². The molecule has 0 fully saturated rings. The number of alkyl halides is 3. The Hall–Kier alpha value is -1.66. The molecule has 19 heavy (non-hydrogen) atoms. The van der Waals surface area contributed by atoms with Crippen molar-refractivity contribution in [1.29, 1.82) is 0 Å². The third-order valence-corrected chi connectivity index (χ3v) is 2.08. The zero-order valence-electron chi connectivity index (χ0n) is 10.1. The summed E-state index contributed by atoms with van der Waals surface area (Å²) in [6.45, 7) is 3.47. The fourth-order valence-corrected chi connectivity index (χ4v) is 1.24. The molecule has 0 atom stereocenters. The lowest BCUT2D eigenvalue weighted by Gasteiger charge is -2.12. The zero-order valence-corrected chi connectivity index (χ0v) is 10.1. The van der Waals surface area contributed by atoms with E-state index in [-0.39, 0.29) is 12.5 Å². The van der Waals surface area contributed by atoms with Crippen molar-refractivity contribution >= 4 is 5.78 Å². The maximum atomic E-state index is 13.4. The topological polar surface area (TPSA) is 26.3 Å². The minimum Gasteiger partial charge on any atom is -0.487 e. The largest absolute Gasteiger partial charge is 0.487 e. The summed E-state index contributed by atoms with van der Waals surface area (Å²) in [6.07, 6.45) is -5.18. The van der Waals surface area contributed by atoms with E-state index in [0.717, 1.165) is 0 Å². The molecule has 0 aliphatic heterocycles. The maximum Gasteiger partial charge on any atom is 0.454 e. The summed E-state index contributed by atoms with van der Waals surface area (Å²) in [5, 5.41) is 0. The average molecular weight is 282 g/mol. The number of hydrogen-bond acceptors (Lipinski definition) is 2. The lowest BCUT2D eigenvalue weighted by atomic mass is 10.1. The number of halogens is 5. The van der Waals surface area contributed by atoms with Crippen LogP contribution in [0.4, 0.5) is 22.0 Å². The van der Waals surface area contributed by atoms with Crippen LogP contribution in [0.25, 0.3) is 0 Å². The van der Waals surface area contributed by atoms with Gasteiger partial charge in [0.05, 0.1) is 6.61 Å². The summed E-state index contributed by atoms with van der Waals surface area (Å²) < 4.78 is 68.0. The number of rotatable bonds is 4. The monoisotopic (exact) mass is 282 g/mol. The molecule has 0 unspecified atom stereocenters. The number of ether oxygens (including phenoxy) is 1. The van der Waals surface area contributed by atoms with Gasteiger partial charge >= 0.3 is 6.18 Å². The van der Waals surface area contributed by atoms with Crippen LogP contribution in [-0.2, 0) is 0 Å². The number of Topliss-reactive ketones (excluding diaryl/α,β-unsaturated/α-hetero) is 1. The van der Waals surface area contributed by atoms with Crippen molar-refractivity contribution in [3.05, 3.63) is 29.3 Å². The first-order chi connectivity index (χ1) is 8.62. The number of carbonyl (C=O) groups is 1. The third-order valence-electron chi connectivity index (χ3n) is 2.08.